The molecule has 4 aliphatic rings. The minimum atomic E-state index is -0.500. The van der Waals surface area contributed by atoms with Crippen molar-refractivity contribution in [2.45, 2.75) is 141 Å². The zero-order valence-corrected chi connectivity index (χ0v) is 39.0. The normalized spacial score (nSPS) is 22.4. The molecule has 0 radical (unpaired) electrons. The van der Waals surface area contributed by atoms with Crippen LogP contribution in [0.1, 0.15) is 91.5 Å². The van der Waals surface area contributed by atoms with Crippen molar-refractivity contribution in [3.63, 3.8) is 0 Å². The van der Waals surface area contributed by atoms with E-state index in [1.54, 1.807) is 22.7 Å². The van der Waals surface area contributed by atoms with E-state index in [1.165, 1.54) is 0 Å². The molecule has 10 rings (SSSR count). The molecule has 6 aromatic heterocycles. The van der Waals surface area contributed by atoms with Gasteiger partial charge in [0.2, 0.25) is 11.2 Å². The molecule has 4 fully saturated rings. The molecule has 10 heterocycles. The number of H-pyrrole nitrogens is 2. The predicted octanol–water partition coefficient (Wildman–Crippen LogP) is 9.02. The summed E-state index contributed by atoms with van der Waals surface area (Å²) in [6.07, 6.45) is 5.47. The molecule has 0 unspecified atom stereocenters. The first-order chi connectivity index (χ1) is 29.9. The number of aromatic amines is 2. The van der Waals surface area contributed by atoms with Crippen molar-refractivity contribution in [2.24, 2.45) is 5.73 Å². The van der Waals surface area contributed by atoms with Gasteiger partial charge in [-0.25, -0.2) is 19.6 Å². The maximum Gasteiger partial charge on any atom is 0.410 e. The minimum absolute atomic E-state index is 0.0898. The molecule has 2 amide bonds. The molecule has 6 atom stereocenters. The second-order valence-electron chi connectivity index (χ2n) is 18.4. The molecule has 0 aliphatic carbocycles. The second kappa shape index (κ2) is 17.7. The SMILES string of the molecule is CC(C)(C)OC(=O)N1[C@H]2CC[C@H]1[C@@H](N)C2.Cc1cc(Nc2nc(Cl)nc3ccsc23)n[nH]1.Cc1cc(Nc2nc(N[C@H]3C[C@@H]4CC[C@@H]3N4C(=O)OC(C)(C)C)nc3ccsc23)n[nH]1. The monoisotopic (exact) mass is 918 g/mol. The Morgan fingerprint density at radius 3 is 1.75 bits per heavy atom. The number of carbonyl (C=O) groups is 2. The number of halogens is 1. The van der Waals surface area contributed by atoms with Gasteiger partial charge in [0.15, 0.2) is 23.3 Å². The molecule has 4 saturated heterocycles. The zero-order valence-electron chi connectivity index (χ0n) is 36.7. The van der Waals surface area contributed by atoms with Crippen molar-refractivity contribution in [1.82, 2.24) is 50.1 Å². The van der Waals surface area contributed by atoms with Crippen LogP contribution in [0, 0.1) is 13.8 Å². The number of nitrogens with one attached hydrogen (secondary N) is 5. The third-order valence-electron chi connectivity index (χ3n) is 11.1. The van der Waals surface area contributed by atoms with Crippen LogP contribution in [0.5, 0.6) is 0 Å². The van der Waals surface area contributed by atoms with Gasteiger partial charge in [0.25, 0.3) is 0 Å². The number of nitrogens with two attached hydrogens (primary N) is 1. The Balaban J connectivity index is 0.000000143. The fraction of sp³-hybridized carbons (Fsp3) is 0.524. The second-order valence-corrected chi connectivity index (χ2v) is 20.6. The lowest BCUT2D eigenvalue weighted by Crippen LogP contribution is -2.43. The highest BCUT2D eigenvalue weighted by atomic mass is 35.5. The van der Waals surface area contributed by atoms with E-state index >= 15 is 0 Å². The van der Waals surface area contributed by atoms with Crippen LogP contribution < -0.4 is 21.7 Å². The van der Waals surface area contributed by atoms with Crippen molar-refractivity contribution in [2.75, 3.05) is 16.0 Å². The molecule has 0 aromatic carbocycles. The van der Waals surface area contributed by atoms with Gasteiger partial charge in [-0.2, -0.15) is 20.2 Å². The first-order valence-electron chi connectivity index (χ1n) is 21.2. The molecule has 4 aliphatic heterocycles. The van der Waals surface area contributed by atoms with E-state index in [-0.39, 0.29) is 47.7 Å². The highest BCUT2D eigenvalue weighted by Crippen LogP contribution is 2.41. The first-order valence-corrected chi connectivity index (χ1v) is 23.3. The highest BCUT2D eigenvalue weighted by molar-refractivity contribution is 7.18. The highest BCUT2D eigenvalue weighted by Gasteiger charge is 2.50. The molecular formula is C42H55ClN14O4S2. The Labute approximate surface area is 378 Å². The van der Waals surface area contributed by atoms with E-state index < -0.39 is 11.2 Å². The summed E-state index contributed by atoms with van der Waals surface area (Å²) >= 11 is 9.02. The number of fused-ring (bicyclic) bond motifs is 6. The number of rotatable bonds is 6. The lowest BCUT2D eigenvalue weighted by atomic mass is 9.96. The number of hydrogen-bond donors (Lipinski definition) is 6. The molecule has 0 spiro atoms. The van der Waals surface area contributed by atoms with Crippen molar-refractivity contribution < 1.29 is 19.1 Å². The van der Waals surface area contributed by atoms with Gasteiger partial charge in [0.1, 0.15) is 11.2 Å². The van der Waals surface area contributed by atoms with Gasteiger partial charge < -0.3 is 41.0 Å². The van der Waals surface area contributed by atoms with Gasteiger partial charge in [-0.15, -0.1) is 22.7 Å². The van der Waals surface area contributed by atoms with E-state index in [0.29, 0.717) is 29.4 Å². The van der Waals surface area contributed by atoms with Crippen LogP contribution in [0.3, 0.4) is 0 Å². The van der Waals surface area contributed by atoms with Gasteiger partial charge in [0.05, 0.1) is 38.6 Å². The van der Waals surface area contributed by atoms with Crippen LogP contribution in [0.15, 0.2) is 35.0 Å². The number of thiophene rings is 2. The number of aromatic nitrogens is 8. The number of nitrogens with zero attached hydrogens (tertiary/aromatic N) is 8. The Kier molecular flexibility index (Phi) is 12.4. The third-order valence-corrected chi connectivity index (χ3v) is 13.1. The molecule has 336 valence electrons. The Hall–Kier alpha value is -5.31. The number of hydrogen-bond acceptors (Lipinski definition) is 16. The Morgan fingerprint density at radius 1 is 0.746 bits per heavy atom. The summed E-state index contributed by atoms with van der Waals surface area (Å²) in [5, 5.41) is 28.3. The predicted molar refractivity (Wildman–Crippen MR) is 247 cm³/mol. The maximum atomic E-state index is 12.7. The van der Waals surface area contributed by atoms with Crippen molar-refractivity contribution in [3.8, 4) is 0 Å². The maximum absolute atomic E-state index is 12.7. The smallest absolute Gasteiger partial charge is 0.410 e. The fourth-order valence-electron chi connectivity index (χ4n) is 8.68. The molecule has 4 bridgehead atoms. The van der Waals surface area contributed by atoms with Crippen LogP contribution in [-0.2, 0) is 9.47 Å². The number of aryl methyl sites for hydroxylation is 2. The van der Waals surface area contributed by atoms with Gasteiger partial charge in [-0.05, 0) is 128 Å². The summed E-state index contributed by atoms with van der Waals surface area (Å²) < 4.78 is 13.0. The van der Waals surface area contributed by atoms with E-state index in [1.807, 2.05) is 100 Å². The van der Waals surface area contributed by atoms with E-state index in [9.17, 15) is 9.59 Å². The molecule has 7 N–H and O–H groups in total. The summed E-state index contributed by atoms with van der Waals surface area (Å²) in [4.78, 5) is 46.2. The number of carbonyl (C=O) groups excluding carboxylic acids is 2. The van der Waals surface area contributed by atoms with Crippen LogP contribution in [0.2, 0.25) is 5.28 Å². The topological polar surface area (TPSA) is 230 Å². The molecule has 18 nitrogen and oxygen atoms in total. The van der Waals surface area contributed by atoms with Gasteiger partial charge in [0, 0.05) is 41.6 Å². The fourth-order valence-corrected chi connectivity index (χ4v) is 10.4. The summed E-state index contributed by atoms with van der Waals surface area (Å²) in [7, 11) is 0. The summed E-state index contributed by atoms with van der Waals surface area (Å²) in [5.74, 6) is 3.39. The molecule has 21 heteroatoms. The van der Waals surface area contributed by atoms with E-state index in [0.717, 1.165) is 76.2 Å². The van der Waals surface area contributed by atoms with Gasteiger partial charge in [-0.1, -0.05) is 0 Å². The van der Waals surface area contributed by atoms with Gasteiger partial charge >= 0.3 is 12.2 Å². The Morgan fingerprint density at radius 2 is 1.25 bits per heavy atom. The zero-order chi connectivity index (χ0) is 44.8. The Bertz CT molecular complexity index is 2580. The average molecular weight is 920 g/mol. The first kappa shape index (κ1) is 44.3. The van der Waals surface area contributed by atoms with Gasteiger partial charge in [-0.3, -0.25) is 10.2 Å². The van der Waals surface area contributed by atoms with Crippen LogP contribution >= 0.6 is 34.3 Å². The van der Waals surface area contributed by atoms with Crippen molar-refractivity contribution in [1.29, 1.82) is 0 Å². The lowest BCUT2D eigenvalue weighted by molar-refractivity contribution is 0.0202. The largest absolute Gasteiger partial charge is 0.444 e. The lowest BCUT2D eigenvalue weighted by Gasteiger charge is -2.28. The number of anilines is 5. The van der Waals surface area contributed by atoms with Crippen molar-refractivity contribution >= 4 is 96.1 Å². The molecule has 6 aromatic rings. The molecule has 63 heavy (non-hydrogen) atoms. The summed E-state index contributed by atoms with van der Waals surface area (Å²) in [5.41, 5.74) is 8.72. The minimum Gasteiger partial charge on any atom is -0.444 e. The van der Waals surface area contributed by atoms with Crippen LogP contribution in [0.4, 0.5) is 38.8 Å². The summed E-state index contributed by atoms with van der Waals surface area (Å²) in [6, 6.07) is 8.80. The average Bonchev–Trinajstić information content (AvgIpc) is 4.05. The quantitative estimate of drug-likeness (QED) is 0.0857. The standard InChI is InChI=1S/C21H27N7O2S.C11H20N2O2.C10H8ClN5S/c1-11-9-16(27-26-11)24-18-17-13(7-8-31-17)22-19(25-18)23-14-10-12-5-6-15(14)28(12)20(29)30-21(2,3)4;1-11(2,3)15-10(14)13-7-4-5-9(13)8(12)6-7;1-5-4-7(16-15-5)13-9-8-6(2-3-17-8)12-10(11)14-9/h7-9,12,14-15H,5-6,10H2,1-4H3,(H3,22,23,24,25,26,27);7-9H,4-6,12H2,1-3H3;2-4H,1H3,(H2,12,13,14,15,16)/t12-,14-,15-;7-,8-,9-;/m00./s1. The van der Waals surface area contributed by atoms with E-state index in [2.05, 4.69) is 46.3 Å². The number of ether oxygens (including phenoxy) is 2. The van der Waals surface area contributed by atoms with E-state index in [4.69, 9.17) is 36.8 Å². The van der Waals surface area contributed by atoms with Crippen LogP contribution in [-0.4, -0.2) is 110 Å². The molecule has 0 saturated carbocycles. The number of amides is 2. The molecular weight excluding hydrogens is 864 g/mol. The summed E-state index contributed by atoms with van der Waals surface area (Å²) in [6.45, 7) is 15.3. The third kappa shape index (κ3) is 10.2. The van der Waals surface area contributed by atoms with Crippen molar-refractivity contribution in [3.05, 3.63) is 51.7 Å². The van der Waals surface area contributed by atoms with Crippen LogP contribution in [0.25, 0.3) is 20.4 Å².